The number of hydrogen-bond acceptors (Lipinski definition) is 5. The number of aromatic nitrogens is 1. The van der Waals surface area contributed by atoms with Gasteiger partial charge in [0.05, 0.1) is 15.9 Å². The summed E-state index contributed by atoms with van der Waals surface area (Å²) in [4.78, 5) is 26.0. The highest BCUT2D eigenvalue weighted by molar-refractivity contribution is 9.10. The van der Waals surface area contributed by atoms with Crippen molar-refractivity contribution in [3.63, 3.8) is 0 Å². The standard InChI is InChI=1S/C8H9BrN4O3/c1-12(4-7(10)14)8-5(9)2-11-3-6(8)13(15)16/h2-3H,4H2,1H3,(H2,10,14). The largest absolute Gasteiger partial charge is 0.368 e. The van der Waals surface area contributed by atoms with E-state index < -0.39 is 10.8 Å². The number of hydrogen-bond donors (Lipinski definition) is 1. The topological polar surface area (TPSA) is 102 Å². The van der Waals surface area contributed by atoms with Crippen LogP contribution in [0, 0.1) is 10.1 Å². The first-order valence-corrected chi connectivity index (χ1v) is 5.00. The van der Waals surface area contributed by atoms with Gasteiger partial charge in [-0.25, -0.2) is 0 Å². The molecule has 0 bridgehead atoms. The van der Waals surface area contributed by atoms with E-state index in [0.717, 1.165) is 6.20 Å². The summed E-state index contributed by atoms with van der Waals surface area (Å²) < 4.78 is 0.436. The molecule has 0 aliphatic rings. The second kappa shape index (κ2) is 4.88. The first-order chi connectivity index (χ1) is 7.43. The third-order valence-electron chi connectivity index (χ3n) is 1.82. The molecule has 0 saturated heterocycles. The molecule has 0 radical (unpaired) electrons. The number of carbonyl (C=O) groups excluding carboxylic acids is 1. The van der Waals surface area contributed by atoms with E-state index in [-0.39, 0.29) is 17.9 Å². The van der Waals surface area contributed by atoms with Gasteiger partial charge in [-0.05, 0) is 15.9 Å². The van der Waals surface area contributed by atoms with Gasteiger partial charge in [-0.1, -0.05) is 0 Å². The lowest BCUT2D eigenvalue weighted by atomic mass is 10.3. The van der Waals surface area contributed by atoms with E-state index in [9.17, 15) is 14.9 Å². The van der Waals surface area contributed by atoms with Gasteiger partial charge in [0, 0.05) is 13.2 Å². The van der Waals surface area contributed by atoms with Gasteiger partial charge in [0.15, 0.2) is 0 Å². The van der Waals surface area contributed by atoms with Crippen molar-refractivity contribution in [2.75, 3.05) is 18.5 Å². The van der Waals surface area contributed by atoms with Crippen molar-refractivity contribution in [3.8, 4) is 0 Å². The second-order valence-corrected chi connectivity index (χ2v) is 3.92. The molecule has 0 unspecified atom stereocenters. The summed E-state index contributed by atoms with van der Waals surface area (Å²) in [6, 6.07) is 0. The number of likely N-dealkylation sites (N-methyl/N-ethyl adjacent to an activating group) is 1. The predicted octanol–water partition coefficient (Wildman–Crippen LogP) is 0.674. The molecule has 0 atom stereocenters. The van der Waals surface area contributed by atoms with E-state index in [0.29, 0.717) is 4.47 Å². The number of primary amides is 1. The molecular weight excluding hydrogens is 280 g/mol. The summed E-state index contributed by atoms with van der Waals surface area (Å²) in [5, 5.41) is 10.8. The zero-order chi connectivity index (χ0) is 12.3. The van der Waals surface area contributed by atoms with Gasteiger partial charge in [0.25, 0.3) is 0 Å². The van der Waals surface area contributed by atoms with Crippen LogP contribution in [0.25, 0.3) is 0 Å². The van der Waals surface area contributed by atoms with Crippen molar-refractivity contribution >= 4 is 33.2 Å². The normalized spacial score (nSPS) is 9.88. The summed E-state index contributed by atoms with van der Waals surface area (Å²) in [7, 11) is 1.54. The van der Waals surface area contributed by atoms with Gasteiger partial charge in [-0.15, -0.1) is 0 Å². The summed E-state index contributed by atoms with van der Waals surface area (Å²) >= 11 is 3.15. The van der Waals surface area contributed by atoms with Gasteiger partial charge in [-0.2, -0.15) is 0 Å². The van der Waals surface area contributed by atoms with Crippen LogP contribution in [0.3, 0.4) is 0 Å². The molecule has 0 fully saturated rings. The van der Waals surface area contributed by atoms with Crippen molar-refractivity contribution in [2.45, 2.75) is 0 Å². The third-order valence-corrected chi connectivity index (χ3v) is 2.41. The maximum absolute atomic E-state index is 10.8. The maximum Gasteiger partial charge on any atom is 0.311 e. The van der Waals surface area contributed by atoms with E-state index in [4.69, 9.17) is 5.73 Å². The first-order valence-electron chi connectivity index (χ1n) is 4.20. The highest BCUT2D eigenvalue weighted by Crippen LogP contribution is 2.33. The van der Waals surface area contributed by atoms with Crippen molar-refractivity contribution in [2.24, 2.45) is 5.73 Å². The van der Waals surface area contributed by atoms with Gasteiger partial charge in [0.2, 0.25) is 5.91 Å². The molecule has 2 N–H and O–H groups in total. The zero-order valence-corrected chi connectivity index (χ0v) is 9.97. The zero-order valence-electron chi connectivity index (χ0n) is 8.38. The summed E-state index contributed by atoms with van der Waals surface area (Å²) in [6.45, 7) is -0.108. The van der Waals surface area contributed by atoms with Gasteiger partial charge in [0.1, 0.15) is 11.9 Å². The lowest BCUT2D eigenvalue weighted by Gasteiger charge is -2.18. The van der Waals surface area contributed by atoms with Gasteiger partial charge < -0.3 is 10.6 Å². The molecule has 86 valence electrons. The SMILES string of the molecule is CN(CC(N)=O)c1c(Br)cncc1[N+](=O)[O-]. The fraction of sp³-hybridized carbons (Fsp3) is 0.250. The van der Waals surface area contributed by atoms with E-state index in [1.807, 2.05) is 0 Å². The number of halogens is 1. The first kappa shape index (κ1) is 12.4. The molecule has 1 heterocycles. The molecule has 0 spiro atoms. The summed E-state index contributed by atoms with van der Waals surface area (Å²) in [5.41, 5.74) is 5.12. The maximum atomic E-state index is 10.8. The quantitative estimate of drug-likeness (QED) is 0.648. The molecule has 0 aliphatic heterocycles. The minimum Gasteiger partial charge on any atom is -0.368 e. The number of nitrogens with two attached hydrogens (primary N) is 1. The number of rotatable bonds is 4. The Bertz CT molecular complexity index is 437. The van der Waals surface area contributed by atoms with Crippen LogP contribution in [-0.2, 0) is 4.79 Å². The fourth-order valence-electron chi connectivity index (χ4n) is 1.24. The Labute approximate surface area is 99.5 Å². The van der Waals surface area contributed by atoms with Crippen LogP contribution in [0.2, 0.25) is 0 Å². The number of anilines is 1. The van der Waals surface area contributed by atoms with Crippen LogP contribution >= 0.6 is 15.9 Å². The minimum absolute atomic E-state index is 0.108. The van der Waals surface area contributed by atoms with Gasteiger partial charge >= 0.3 is 5.69 Å². The molecule has 0 aromatic carbocycles. The highest BCUT2D eigenvalue weighted by atomic mass is 79.9. The average Bonchev–Trinajstić information content (AvgIpc) is 2.15. The van der Waals surface area contributed by atoms with Crippen LogP contribution < -0.4 is 10.6 Å². The van der Waals surface area contributed by atoms with Crippen LogP contribution in [0.4, 0.5) is 11.4 Å². The van der Waals surface area contributed by atoms with Crippen molar-refractivity contribution in [3.05, 3.63) is 27.0 Å². The highest BCUT2D eigenvalue weighted by Gasteiger charge is 2.21. The van der Waals surface area contributed by atoms with Crippen molar-refractivity contribution in [1.29, 1.82) is 0 Å². The molecule has 0 saturated carbocycles. The second-order valence-electron chi connectivity index (χ2n) is 3.07. The summed E-state index contributed by atoms with van der Waals surface area (Å²) in [6.07, 6.45) is 2.54. The van der Waals surface area contributed by atoms with Crippen molar-refractivity contribution < 1.29 is 9.72 Å². The van der Waals surface area contributed by atoms with Crippen LogP contribution in [0.15, 0.2) is 16.9 Å². The molecule has 1 rings (SSSR count). The predicted molar refractivity (Wildman–Crippen MR) is 61.1 cm³/mol. The molecule has 8 heteroatoms. The molecule has 1 aromatic rings. The molecule has 16 heavy (non-hydrogen) atoms. The Hall–Kier alpha value is -1.70. The molecule has 7 nitrogen and oxygen atoms in total. The number of pyridine rings is 1. The average molecular weight is 289 g/mol. The lowest BCUT2D eigenvalue weighted by Crippen LogP contribution is -2.31. The Balaban J connectivity index is 3.19. The lowest BCUT2D eigenvalue weighted by molar-refractivity contribution is -0.384. The number of amides is 1. The fourth-order valence-corrected chi connectivity index (χ4v) is 1.87. The van der Waals surface area contributed by atoms with E-state index in [2.05, 4.69) is 20.9 Å². The molecular formula is C8H9BrN4O3. The molecule has 1 amide bonds. The van der Waals surface area contributed by atoms with E-state index in [1.165, 1.54) is 18.1 Å². The van der Waals surface area contributed by atoms with Crippen molar-refractivity contribution in [1.82, 2.24) is 4.98 Å². The summed E-state index contributed by atoms with van der Waals surface area (Å²) in [5.74, 6) is -0.569. The van der Waals surface area contributed by atoms with Crippen LogP contribution in [-0.4, -0.2) is 29.4 Å². The Morgan fingerprint density at radius 2 is 2.31 bits per heavy atom. The Morgan fingerprint density at radius 3 is 2.81 bits per heavy atom. The van der Waals surface area contributed by atoms with Crippen LogP contribution in [0.5, 0.6) is 0 Å². The van der Waals surface area contributed by atoms with E-state index in [1.54, 1.807) is 0 Å². The Kier molecular flexibility index (Phi) is 3.78. The monoisotopic (exact) mass is 288 g/mol. The number of nitrogens with zero attached hydrogens (tertiary/aromatic N) is 3. The third kappa shape index (κ3) is 2.66. The minimum atomic E-state index is -0.569. The Morgan fingerprint density at radius 1 is 1.69 bits per heavy atom. The van der Waals surface area contributed by atoms with Crippen LogP contribution in [0.1, 0.15) is 0 Å². The molecule has 1 aromatic heterocycles. The smallest absolute Gasteiger partial charge is 0.311 e. The molecule has 0 aliphatic carbocycles. The number of nitro groups is 1. The number of carbonyl (C=O) groups is 1. The van der Waals surface area contributed by atoms with E-state index >= 15 is 0 Å². The van der Waals surface area contributed by atoms with Gasteiger partial charge in [-0.3, -0.25) is 19.9 Å².